The smallest absolute Gasteiger partial charge is 0.407 e. The number of imide groups is 1. The van der Waals surface area contributed by atoms with Gasteiger partial charge in [0.1, 0.15) is 18.2 Å². The molecule has 2 fully saturated rings. The van der Waals surface area contributed by atoms with Gasteiger partial charge in [0.2, 0.25) is 35.4 Å². The molecule has 0 aromatic carbocycles. The van der Waals surface area contributed by atoms with Crippen LogP contribution in [0.4, 0.5) is 4.79 Å². The van der Waals surface area contributed by atoms with Crippen LogP contribution in [0.2, 0.25) is 0 Å². The van der Waals surface area contributed by atoms with Gasteiger partial charge in [0, 0.05) is 82.5 Å². The number of ether oxygens (including phenoxy) is 3. The van der Waals surface area contributed by atoms with E-state index in [-0.39, 0.29) is 72.6 Å². The number of cyclic esters (lactones) is 1. The summed E-state index contributed by atoms with van der Waals surface area (Å²) in [6.45, 7) is 12.2. The molecule has 3 rings (SSSR count). The van der Waals surface area contributed by atoms with E-state index in [1.54, 1.807) is 31.4 Å². The molecule has 0 bridgehead atoms. The summed E-state index contributed by atoms with van der Waals surface area (Å²) in [6.07, 6.45) is 20.7. The molecule has 1 saturated carbocycles. The fraction of sp³-hybridized carbons (Fsp3) is 0.600. The molecule has 0 spiro atoms. The minimum atomic E-state index is -0.864. The van der Waals surface area contributed by atoms with E-state index < -0.39 is 46.7 Å². The molecular weight excluding hydrogens is 893 g/mol. The molecule has 2 unspecified atom stereocenters. The number of hydrogen-bond donors (Lipinski definition) is 5. The highest BCUT2D eigenvalue weighted by Gasteiger charge is 2.40. The van der Waals surface area contributed by atoms with E-state index in [1.807, 2.05) is 65.8 Å². The SMILES string of the molecule is C/C=C\C[C@@H](C/C=C\NC(=O)C(NC(=O)\C=C/C=C\C(C)=C\[C@H](C)[C@@H]1CC=C(OC)C(=O)O1)C(C)(C)C)OC(=O)NCCCNC(=O)CCSC1CC(=O)N(CC2CCC(C(=O)NC)CC2)C1=O. The summed E-state index contributed by atoms with van der Waals surface area (Å²) in [4.78, 5) is 102. The molecule has 5 N–H and O–H groups in total. The Kier molecular flexibility index (Phi) is 24.4. The number of thioether (sulfide) groups is 1. The van der Waals surface area contributed by atoms with Crippen LogP contribution in [0.25, 0.3) is 0 Å². The monoisotopic (exact) mass is 967 g/mol. The van der Waals surface area contributed by atoms with Crippen molar-refractivity contribution >= 4 is 59.3 Å². The van der Waals surface area contributed by atoms with Crippen molar-refractivity contribution in [2.45, 2.75) is 129 Å². The number of methoxy groups -OCH3 is 1. The fourth-order valence-electron chi connectivity index (χ4n) is 7.88. The summed E-state index contributed by atoms with van der Waals surface area (Å²) < 4.78 is 16.1. The maximum absolute atomic E-state index is 13.2. The lowest BCUT2D eigenvalue weighted by Crippen LogP contribution is -2.52. The molecule has 68 heavy (non-hydrogen) atoms. The normalized spacial score (nSPS) is 21.6. The van der Waals surface area contributed by atoms with Gasteiger partial charge in [0.25, 0.3) is 0 Å². The van der Waals surface area contributed by atoms with Crippen molar-refractivity contribution in [3.63, 3.8) is 0 Å². The molecule has 17 nitrogen and oxygen atoms in total. The largest absolute Gasteiger partial charge is 0.490 e. The number of nitrogens with zero attached hydrogens (tertiary/aromatic N) is 1. The van der Waals surface area contributed by atoms with Gasteiger partial charge in [-0.2, -0.15) is 0 Å². The van der Waals surface area contributed by atoms with Crippen LogP contribution in [0.1, 0.15) is 106 Å². The molecule has 3 aliphatic rings. The van der Waals surface area contributed by atoms with Gasteiger partial charge in [-0.25, -0.2) is 9.59 Å². The number of carbonyl (C=O) groups excluding carboxylic acids is 8. The number of allylic oxidation sites excluding steroid dienone is 5. The Morgan fingerprint density at radius 3 is 2.34 bits per heavy atom. The summed E-state index contributed by atoms with van der Waals surface area (Å²) in [5.41, 5.74) is 0.298. The number of rotatable bonds is 25. The highest BCUT2D eigenvalue weighted by atomic mass is 32.2. The van der Waals surface area contributed by atoms with Crippen molar-refractivity contribution in [3.05, 3.63) is 72.2 Å². The molecule has 0 aromatic heterocycles. The van der Waals surface area contributed by atoms with Crippen molar-refractivity contribution in [2.75, 3.05) is 39.5 Å². The fourth-order valence-corrected chi connectivity index (χ4v) is 9.00. The van der Waals surface area contributed by atoms with Gasteiger partial charge in [-0.3, -0.25) is 33.7 Å². The van der Waals surface area contributed by atoms with Gasteiger partial charge in [0.15, 0.2) is 5.76 Å². The summed E-state index contributed by atoms with van der Waals surface area (Å²) in [7, 11) is 3.06. The zero-order chi connectivity index (χ0) is 50.2. The Morgan fingerprint density at radius 1 is 0.985 bits per heavy atom. The summed E-state index contributed by atoms with van der Waals surface area (Å²) in [5.74, 6) is -1.16. The number of hydrogen-bond acceptors (Lipinski definition) is 12. The van der Waals surface area contributed by atoms with Crippen LogP contribution in [-0.2, 0) is 47.8 Å². The molecule has 18 heteroatoms. The van der Waals surface area contributed by atoms with Crippen LogP contribution in [0, 0.1) is 23.2 Å². The Balaban J connectivity index is 1.33. The second-order valence-electron chi connectivity index (χ2n) is 18.3. The first kappa shape index (κ1) is 56.7. The third-order valence-corrected chi connectivity index (χ3v) is 13.0. The van der Waals surface area contributed by atoms with Crippen LogP contribution in [0.5, 0.6) is 0 Å². The van der Waals surface area contributed by atoms with Gasteiger partial charge >= 0.3 is 12.1 Å². The van der Waals surface area contributed by atoms with E-state index in [2.05, 4.69) is 26.6 Å². The summed E-state index contributed by atoms with van der Waals surface area (Å²) in [6, 6.07) is -0.864. The Hall–Kier alpha value is -5.65. The summed E-state index contributed by atoms with van der Waals surface area (Å²) >= 11 is 1.32. The minimum absolute atomic E-state index is 0.0130. The number of alkyl carbamates (subject to hydrolysis) is 1. The number of amides is 7. The average molecular weight is 967 g/mol. The average Bonchev–Trinajstić information content (AvgIpc) is 3.56. The molecule has 376 valence electrons. The molecule has 0 aromatic rings. The number of carbonyl (C=O) groups is 8. The van der Waals surface area contributed by atoms with Crippen molar-refractivity contribution in [3.8, 4) is 0 Å². The van der Waals surface area contributed by atoms with E-state index >= 15 is 0 Å². The lowest BCUT2D eigenvalue weighted by molar-refractivity contribution is -0.151. The molecule has 7 amide bonds. The van der Waals surface area contributed by atoms with E-state index in [0.29, 0.717) is 44.5 Å². The Bertz CT molecular complexity index is 1950. The number of likely N-dealkylation sites (tertiary alicyclic amines) is 1. The highest BCUT2D eigenvalue weighted by Crippen LogP contribution is 2.33. The third kappa shape index (κ3) is 19.9. The second kappa shape index (κ2) is 29.3. The van der Waals surface area contributed by atoms with Crippen LogP contribution >= 0.6 is 11.8 Å². The Labute approximate surface area is 406 Å². The van der Waals surface area contributed by atoms with Gasteiger partial charge in [-0.1, -0.05) is 75.8 Å². The van der Waals surface area contributed by atoms with Gasteiger partial charge < -0.3 is 40.8 Å². The zero-order valence-corrected chi connectivity index (χ0v) is 41.9. The molecule has 1 aliphatic carbocycles. The number of esters is 1. The van der Waals surface area contributed by atoms with Crippen LogP contribution in [0.3, 0.4) is 0 Å². The highest BCUT2D eigenvalue weighted by molar-refractivity contribution is 8.00. The predicted octanol–water partition coefficient (Wildman–Crippen LogP) is 5.45. The zero-order valence-electron chi connectivity index (χ0n) is 41.1. The first-order valence-electron chi connectivity index (χ1n) is 23.6. The lowest BCUT2D eigenvalue weighted by Gasteiger charge is -2.29. The molecule has 5 atom stereocenters. The van der Waals surface area contributed by atoms with E-state index in [4.69, 9.17) is 14.2 Å². The van der Waals surface area contributed by atoms with Crippen molar-refractivity contribution < 1.29 is 52.6 Å². The van der Waals surface area contributed by atoms with Gasteiger partial charge in [0.05, 0.1) is 12.4 Å². The standard InChI is InChI=1S/C50H74N6O11S/c1-9-10-16-37(17-13-26-53-46(61)44(50(4,5)6)55-42(58)18-12-11-15-33(2)30-34(3)38-23-24-39(65-8)48(63)67-38)66-49(64)54-28-14-27-52-41(57)25-29-68-40-31-43(59)56(47(40)62)32-35-19-21-36(22-20-35)45(60)51-7/h9-13,15,18,24,26,30,34-38,40,44H,14,16-17,19-23,25,27-29,31-32H2,1-8H3,(H,51,60)(H,52,57)(H,53,61)(H,54,64)(H,55,58)/b10-9-,15-11-,18-12-,26-13-,33-30+/t34-,35?,36?,37-,38-,40?,44?/m0/s1. The lowest BCUT2D eigenvalue weighted by atomic mass is 9.81. The maximum Gasteiger partial charge on any atom is 0.407 e. The van der Waals surface area contributed by atoms with E-state index in [9.17, 15) is 38.4 Å². The second-order valence-corrected chi connectivity index (χ2v) is 19.7. The first-order valence-corrected chi connectivity index (χ1v) is 24.6. The van der Waals surface area contributed by atoms with Gasteiger partial charge in [-0.15, -0.1) is 11.8 Å². The molecule has 0 radical (unpaired) electrons. The number of nitrogens with one attached hydrogen (secondary N) is 5. The van der Waals surface area contributed by atoms with Crippen molar-refractivity contribution in [1.29, 1.82) is 0 Å². The maximum atomic E-state index is 13.2. The van der Waals surface area contributed by atoms with Crippen LogP contribution < -0.4 is 26.6 Å². The van der Waals surface area contributed by atoms with Crippen molar-refractivity contribution in [1.82, 2.24) is 31.5 Å². The predicted molar refractivity (Wildman–Crippen MR) is 261 cm³/mol. The van der Waals surface area contributed by atoms with E-state index in [1.165, 1.54) is 36.0 Å². The summed E-state index contributed by atoms with van der Waals surface area (Å²) in [5, 5.41) is 13.2. The molecule has 2 aliphatic heterocycles. The quantitative estimate of drug-likeness (QED) is 0.0192. The Morgan fingerprint density at radius 2 is 1.68 bits per heavy atom. The topological polar surface area (TPSA) is 228 Å². The molecule has 1 saturated heterocycles. The molecule has 2 heterocycles. The van der Waals surface area contributed by atoms with Gasteiger partial charge in [-0.05, 0) is 69.6 Å². The first-order chi connectivity index (χ1) is 32.4. The van der Waals surface area contributed by atoms with Crippen molar-refractivity contribution in [2.24, 2.45) is 23.2 Å². The molecular formula is C50H74N6O11S. The van der Waals surface area contributed by atoms with E-state index in [0.717, 1.165) is 31.3 Å². The minimum Gasteiger partial charge on any atom is -0.490 e. The van der Waals surface area contributed by atoms with Crippen LogP contribution in [0.15, 0.2) is 72.2 Å². The van der Waals surface area contributed by atoms with Crippen LogP contribution in [-0.4, -0.2) is 115 Å². The third-order valence-electron chi connectivity index (χ3n) is 11.8.